The second kappa shape index (κ2) is 9.68. The van der Waals surface area contributed by atoms with Crippen LogP contribution in [-0.2, 0) is 9.59 Å². The van der Waals surface area contributed by atoms with Gasteiger partial charge in [0.2, 0.25) is 5.91 Å². The molecule has 0 aliphatic carbocycles. The molecule has 0 unspecified atom stereocenters. The van der Waals surface area contributed by atoms with Crippen LogP contribution in [0, 0.1) is 16.0 Å². The molecular weight excluding hydrogens is 424 g/mol. The van der Waals surface area contributed by atoms with Crippen molar-refractivity contribution in [2.45, 2.75) is 13.8 Å². The van der Waals surface area contributed by atoms with Crippen molar-refractivity contribution in [2.75, 3.05) is 17.6 Å². The van der Waals surface area contributed by atoms with E-state index in [2.05, 4.69) is 10.3 Å². The van der Waals surface area contributed by atoms with Crippen molar-refractivity contribution in [1.29, 1.82) is 0 Å². The highest BCUT2D eigenvalue weighted by atomic mass is 32.2. The topological polar surface area (TPSA) is 105 Å². The summed E-state index contributed by atoms with van der Waals surface area (Å²) in [5.74, 6) is -0.154. The van der Waals surface area contributed by atoms with Crippen molar-refractivity contribution in [3.8, 4) is 0 Å². The number of non-ortho nitro benzene ring substituents is 1. The maximum absolute atomic E-state index is 12.8. The molecule has 3 rings (SSSR count). The molecule has 156 valence electrons. The number of nitro groups is 1. The molecule has 0 bridgehead atoms. The fourth-order valence-electron chi connectivity index (χ4n) is 2.67. The number of rotatable bonds is 7. The third kappa shape index (κ3) is 5.55. The summed E-state index contributed by atoms with van der Waals surface area (Å²) in [6.07, 6.45) is 1.75. The molecule has 0 radical (unpaired) electrons. The lowest BCUT2D eigenvalue weighted by molar-refractivity contribution is -0.384. The van der Waals surface area contributed by atoms with Crippen LogP contribution in [0.15, 0.2) is 52.5 Å². The maximum Gasteiger partial charge on any atom is 0.278 e. The standard InChI is InChI=1S/C20H20N4O4S2/c1-13(2)11-23-19(26)17(10-16-4-3-9-29-16)22-20(23)30-12-18(25)21-14-5-7-15(8-6-14)24(27)28/h3-10,13H,11-12H2,1-2H3,(H,21,25). The Morgan fingerprint density at radius 1 is 1.33 bits per heavy atom. The number of benzene rings is 1. The number of anilines is 1. The molecule has 0 saturated carbocycles. The molecule has 1 N–H and O–H groups in total. The van der Waals surface area contributed by atoms with Crippen molar-refractivity contribution in [1.82, 2.24) is 4.90 Å². The molecular formula is C20H20N4O4S2. The maximum atomic E-state index is 12.8. The van der Waals surface area contributed by atoms with Crippen LogP contribution in [-0.4, -0.2) is 39.1 Å². The predicted octanol–water partition coefficient (Wildman–Crippen LogP) is 4.22. The number of nitro benzene ring substituents is 1. The number of amidine groups is 1. The van der Waals surface area contributed by atoms with Gasteiger partial charge in [0.05, 0.1) is 10.7 Å². The second-order valence-electron chi connectivity index (χ2n) is 6.89. The van der Waals surface area contributed by atoms with Crippen molar-refractivity contribution in [3.63, 3.8) is 0 Å². The SMILES string of the molecule is CC(C)CN1C(=O)C(=Cc2cccs2)N=C1SCC(=O)Nc1ccc([N+](=O)[O-])cc1. The average molecular weight is 445 g/mol. The van der Waals surface area contributed by atoms with E-state index in [9.17, 15) is 19.7 Å². The van der Waals surface area contributed by atoms with Crippen molar-refractivity contribution in [2.24, 2.45) is 10.9 Å². The number of carbonyl (C=O) groups excluding carboxylic acids is 2. The number of aliphatic imine (C=N–C) groups is 1. The first-order valence-corrected chi connectivity index (χ1v) is 11.0. The first-order valence-electron chi connectivity index (χ1n) is 9.16. The molecule has 2 aromatic rings. The van der Waals surface area contributed by atoms with Crippen LogP contribution in [0.25, 0.3) is 6.08 Å². The monoisotopic (exact) mass is 444 g/mol. The van der Waals surface area contributed by atoms with Gasteiger partial charge in [-0.3, -0.25) is 24.6 Å². The molecule has 2 heterocycles. The number of thiophene rings is 1. The Bertz CT molecular complexity index is 998. The summed E-state index contributed by atoms with van der Waals surface area (Å²) >= 11 is 2.71. The predicted molar refractivity (Wildman–Crippen MR) is 120 cm³/mol. The minimum absolute atomic E-state index is 0.0458. The average Bonchev–Trinajstić information content (AvgIpc) is 3.30. The van der Waals surface area contributed by atoms with E-state index in [1.807, 2.05) is 31.4 Å². The summed E-state index contributed by atoms with van der Waals surface area (Å²) in [7, 11) is 0. The zero-order chi connectivity index (χ0) is 21.7. The highest BCUT2D eigenvalue weighted by molar-refractivity contribution is 8.14. The number of thioether (sulfide) groups is 1. The quantitative estimate of drug-likeness (QED) is 0.391. The molecule has 1 aromatic carbocycles. The fourth-order valence-corrected chi connectivity index (χ4v) is 4.13. The van der Waals surface area contributed by atoms with E-state index in [-0.39, 0.29) is 29.2 Å². The van der Waals surface area contributed by atoms with Gasteiger partial charge in [0.15, 0.2) is 5.17 Å². The number of amides is 2. The van der Waals surface area contributed by atoms with Gasteiger partial charge in [-0.1, -0.05) is 31.7 Å². The van der Waals surface area contributed by atoms with Gasteiger partial charge in [0, 0.05) is 29.2 Å². The van der Waals surface area contributed by atoms with Gasteiger partial charge in [0.1, 0.15) is 5.70 Å². The van der Waals surface area contributed by atoms with Crippen molar-refractivity contribution < 1.29 is 14.5 Å². The van der Waals surface area contributed by atoms with Crippen LogP contribution >= 0.6 is 23.1 Å². The molecule has 30 heavy (non-hydrogen) atoms. The number of hydrogen-bond donors (Lipinski definition) is 1. The van der Waals surface area contributed by atoms with E-state index >= 15 is 0 Å². The van der Waals surface area contributed by atoms with Crippen LogP contribution in [0.2, 0.25) is 0 Å². The van der Waals surface area contributed by atoms with Crippen LogP contribution in [0.5, 0.6) is 0 Å². The Balaban J connectivity index is 1.66. The highest BCUT2D eigenvalue weighted by Crippen LogP contribution is 2.26. The van der Waals surface area contributed by atoms with E-state index in [0.29, 0.717) is 23.1 Å². The van der Waals surface area contributed by atoms with Crippen LogP contribution in [0.4, 0.5) is 11.4 Å². The molecule has 0 saturated heterocycles. The number of nitrogens with zero attached hydrogens (tertiary/aromatic N) is 3. The van der Waals surface area contributed by atoms with Gasteiger partial charge < -0.3 is 5.32 Å². The largest absolute Gasteiger partial charge is 0.325 e. The van der Waals surface area contributed by atoms with E-state index in [1.54, 1.807) is 11.0 Å². The molecule has 8 nitrogen and oxygen atoms in total. The Labute approximate surface area is 181 Å². The first kappa shape index (κ1) is 21.7. The highest BCUT2D eigenvalue weighted by Gasteiger charge is 2.31. The number of hydrogen-bond acceptors (Lipinski definition) is 7. The fraction of sp³-hybridized carbons (Fsp3) is 0.250. The lowest BCUT2D eigenvalue weighted by Crippen LogP contribution is -2.34. The second-order valence-corrected chi connectivity index (χ2v) is 8.81. The van der Waals surface area contributed by atoms with E-state index in [4.69, 9.17) is 0 Å². The minimum Gasteiger partial charge on any atom is -0.325 e. The van der Waals surface area contributed by atoms with Gasteiger partial charge in [-0.15, -0.1) is 11.3 Å². The Hall–Kier alpha value is -2.98. The molecule has 2 amide bonds. The smallest absolute Gasteiger partial charge is 0.278 e. The third-order valence-electron chi connectivity index (χ3n) is 3.98. The number of nitrogens with one attached hydrogen (secondary N) is 1. The molecule has 10 heteroatoms. The molecule has 0 fully saturated rings. The third-order valence-corrected chi connectivity index (χ3v) is 5.77. The lowest BCUT2D eigenvalue weighted by Gasteiger charge is -2.19. The van der Waals surface area contributed by atoms with E-state index in [1.165, 1.54) is 47.4 Å². The summed E-state index contributed by atoms with van der Waals surface area (Å²) < 4.78 is 0. The first-order chi connectivity index (χ1) is 14.3. The van der Waals surface area contributed by atoms with Crippen molar-refractivity contribution in [3.05, 3.63) is 62.5 Å². The molecule has 1 aliphatic heterocycles. The molecule has 0 atom stereocenters. The summed E-state index contributed by atoms with van der Waals surface area (Å²) in [5.41, 5.74) is 0.778. The summed E-state index contributed by atoms with van der Waals surface area (Å²) in [6, 6.07) is 9.43. The van der Waals surface area contributed by atoms with Crippen molar-refractivity contribution >= 4 is 57.5 Å². The summed E-state index contributed by atoms with van der Waals surface area (Å²) in [4.78, 5) is 42.3. The Morgan fingerprint density at radius 3 is 2.67 bits per heavy atom. The molecule has 1 aromatic heterocycles. The van der Waals surface area contributed by atoms with Crippen LogP contribution in [0.3, 0.4) is 0 Å². The lowest BCUT2D eigenvalue weighted by atomic mass is 10.2. The Kier molecular flexibility index (Phi) is 7.01. The van der Waals surface area contributed by atoms with Gasteiger partial charge >= 0.3 is 0 Å². The Morgan fingerprint density at radius 2 is 2.07 bits per heavy atom. The van der Waals surface area contributed by atoms with Gasteiger partial charge in [0.25, 0.3) is 11.6 Å². The number of carbonyl (C=O) groups is 2. The van der Waals surface area contributed by atoms with E-state index in [0.717, 1.165) is 4.88 Å². The van der Waals surface area contributed by atoms with Gasteiger partial charge in [-0.25, -0.2) is 4.99 Å². The molecule has 1 aliphatic rings. The minimum atomic E-state index is -0.499. The normalized spacial score (nSPS) is 15.0. The van der Waals surface area contributed by atoms with Crippen LogP contribution < -0.4 is 5.32 Å². The zero-order valence-electron chi connectivity index (χ0n) is 16.4. The van der Waals surface area contributed by atoms with Crippen LogP contribution in [0.1, 0.15) is 18.7 Å². The zero-order valence-corrected chi connectivity index (χ0v) is 18.0. The molecule has 0 spiro atoms. The summed E-state index contributed by atoms with van der Waals surface area (Å²) in [5, 5.41) is 15.8. The summed E-state index contributed by atoms with van der Waals surface area (Å²) in [6.45, 7) is 4.53. The van der Waals surface area contributed by atoms with Gasteiger partial charge in [-0.05, 0) is 35.6 Å². The van der Waals surface area contributed by atoms with E-state index < -0.39 is 4.92 Å². The van der Waals surface area contributed by atoms with Gasteiger partial charge in [-0.2, -0.15) is 0 Å².